The van der Waals surface area contributed by atoms with Crippen LogP contribution >= 0.6 is 28.3 Å². The number of nitrogens with zero attached hydrogens (tertiary/aromatic N) is 1. The molecular weight excluding hydrogens is 336 g/mol. The Bertz CT molecular complexity index is 458. The number of nitrogens with one attached hydrogen (secondary N) is 1. The van der Waals surface area contributed by atoms with E-state index in [-0.39, 0.29) is 12.4 Å². The second-order valence-electron chi connectivity index (χ2n) is 6.29. The van der Waals surface area contributed by atoms with Crippen LogP contribution in [0.25, 0.3) is 0 Å². The molecule has 112 valence electrons. The van der Waals surface area contributed by atoms with Crippen molar-refractivity contribution in [1.82, 2.24) is 10.2 Å². The third-order valence-electron chi connectivity index (χ3n) is 4.82. The Morgan fingerprint density at radius 3 is 2.70 bits per heavy atom. The van der Waals surface area contributed by atoms with Gasteiger partial charge in [-0.05, 0) is 68.4 Å². The molecule has 2 heterocycles. The second-order valence-corrected chi connectivity index (χ2v) is 7.15. The van der Waals surface area contributed by atoms with Crippen molar-refractivity contribution in [3.05, 3.63) is 33.8 Å². The van der Waals surface area contributed by atoms with Crippen LogP contribution in [-0.4, -0.2) is 31.1 Å². The van der Waals surface area contributed by atoms with E-state index in [9.17, 15) is 0 Å². The number of aryl methyl sites for hydroxylation is 1. The fraction of sp³-hybridized carbons (Fsp3) is 0.625. The van der Waals surface area contributed by atoms with Gasteiger partial charge in [-0.2, -0.15) is 0 Å². The number of rotatable bonds is 2. The van der Waals surface area contributed by atoms with Gasteiger partial charge >= 0.3 is 0 Å². The molecule has 0 aliphatic carbocycles. The average Bonchev–Trinajstić information content (AvgIpc) is 2.78. The third kappa shape index (κ3) is 3.56. The molecule has 0 amide bonds. The van der Waals surface area contributed by atoms with E-state index in [0.29, 0.717) is 5.41 Å². The lowest BCUT2D eigenvalue weighted by Crippen LogP contribution is -2.38. The fourth-order valence-corrected chi connectivity index (χ4v) is 3.95. The van der Waals surface area contributed by atoms with Gasteiger partial charge in [0.15, 0.2) is 0 Å². The van der Waals surface area contributed by atoms with E-state index in [4.69, 9.17) is 0 Å². The number of hydrogen-bond acceptors (Lipinski definition) is 2. The number of likely N-dealkylation sites (tertiary alicyclic amines) is 1. The summed E-state index contributed by atoms with van der Waals surface area (Å²) in [5.41, 5.74) is 3.37. The lowest BCUT2D eigenvalue weighted by Gasteiger charge is -2.34. The van der Waals surface area contributed by atoms with Gasteiger partial charge < -0.3 is 5.32 Å². The molecule has 1 aromatic rings. The Morgan fingerprint density at radius 1 is 1.25 bits per heavy atom. The highest BCUT2D eigenvalue weighted by Crippen LogP contribution is 2.39. The van der Waals surface area contributed by atoms with E-state index >= 15 is 0 Å². The average molecular weight is 360 g/mol. The van der Waals surface area contributed by atoms with Crippen LogP contribution in [-0.2, 0) is 6.54 Å². The van der Waals surface area contributed by atoms with Crippen molar-refractivity contribution in [1.29, 1.82) is 0 Å². The van der Waals surface area contributed by atoms with Crippen molar-refractivity contribution in [2.75, 3.05) is 26.2 Å². The SMILES string of the molecule is Cc1ccc(CN2CCC3(CCNCC3)C2)cc1Br.Cl. The molecular formula is C16H24BrClN2. The Kier molecular flexibility index (Phi) is 5.52. The van der Waals surface area contributed by atoms with E-state index in [0.717, 1.165) is 6.54 Å². The van der Waals surface area contributed by atoms with Gasteiger partial charge in [-0.15, -0.1) is 12.4 Å². The van der Waals surface area contributed by atoms with Crippen LogP contribution in [0.15, 0.2) is 22.7 Å². The molecule has 2 fully saturated rings. The second kappa shape index (κ2) is 6.78. The molecule has 1 spiro atoms. The zero-order valence-corrected chi connectivity index (χ0v) is 14.5. The molecule has 1 aromatic carbocycles. The van der Waals surface area contributed by atoms with E-state index in [1.165, 1.54) is 61.0 Å². The van der Waals surface area contributed by atoms with Crippen LogP contribution in [0, 0.1) is 12.3 Å². The minimum atomic E-state index is 0. The third-order valence-corrected chi connectivity index (χ3v) is 5.68. The molecule has 20 heavy (non-hydrogen) atoms. The molecule has 0 saturated carbocycles. The summed E-state index contributed by atoms with van der Waals surface area (Å²) < 4.78 is 1.24. The number of halogens is 2. The molecule has 0 bridgehead atoms. The first-order valence-corrected chi connectivity index (χ1v) is 8.14. The van der Waals surface area contributed by atoms with Crippen LogP contribution < -0.4 is 5.32 Å². The molecule has 0 unspecified atom stereocenters. The van der Waals surface area contributed by atoms with Crippen LogP contribution in [0.4, 0.5) is 0 Å². The molecule has 0 aromatic heterocycles. The molecule has 2 saturated heterocycles. The standard InChI is InChI=1S/C16H23BrN2.ClH/c1-13-2-3-14(10-15(13)17)11-19-9-6-16(12-19)4-7-18-8-5-16;/h2-3,10,18H,4-9,11-12H2,1H3;1H. The van der Waals surface area contributed by atoms with Crippen molar-refractivity contribution in [3.8, 4) is 0 Å². The zero-order chi connectivity index (χ0) is 13.3. The van der Waals surface area contributed by atoms with E-state index < -0.39 is 0 Å². The van der Waals surface area contributed by atoms with Gasteiger partial charge in [0.1, 0.15) is 0 Å². The minimum Gasteiger partial charge on any atom is -0.317 e. The summed E-state index contributed by atoms with van der Waals surface area (Å²) in [5, 5.41) is 3.49. The number of hydrogen-bond donors (Lipinski definition) is 1. The van der Waals surface area contributed by atoms with Gasteiger partial charge in [0, 0.05) is 17.6 Å². The first-order valence-electron chi connectivity index (χ1n) is 7.35. The van der Waals surface area contributed by atoms with Gasteiger partial charge in [0.2, 0.25) is 0 Å². The van der Waals surface area contributed by atoms with Gasteiger partial charge in [-0.3, -0.25) is 4.90 Å². The normalized spacial score (nSPS) is 21.9. The summed E-state index contributed by atoms with van der Waals surface area (Å²) in [6, 6.07) is 6.77. The van der Waals surface area contributed by atoms with Gasteiger partial charge in [-0.25, -0.2) is 0 Å². The molecule has 2 aliphatic heterocycles. The predicted molar refractivity (Wildman–Crippen MR) is 90.6 cm³/mol. The lowest BCUT2D eigenvalue weighted by atomic mass is 9.78. The van der Waals surface area contributed by atoms with Crippen molar-refractivity contribution in [2.24, 2.45) is 5.41 Å². The molecule has 2 nitrogen and oxygen atoms in total. The highest BCUT2D eigenvalue weighted by Gasteiger charge is 2.38. The topological polar surface area (TPSA) is 15.3 Å². The zero-order valence-electron chi connectivity index (χ0n) is 12.1. The molecule has 1 N–H and O–H groups in total. The van der Waals surface area contributed by atoms with Crippen molar-refractivity contribution in [2.45, 2.75) is 32.7 Å². The van der Waals surface area contributed by atoms with E-state index in [1.807, 2.05) is 0 Å². The van der Waals surface area contributed by atoms with E-state index in [1.54, 1.807) is 0 Å². The highest BCUT2D eigenvalue weighted by molar-refractivity contribution is 9.10. The Hall–Kier alpha value is -0.0900. The highest BCUT2D eigenvalue weighted by atomic mass is 79.9. The Labute approximate surface area is 136 Å². The van der Waals surface area contributed by atoms with Gasteiger partial charge in [-0.1, -0.05) is 28.1 Å². The maximum atomic E-state index is 3.64. The molecule has 0 radical (unpaired) electrons. The van der Waals surface area contributed by atoms with Gasteiger partial charge in [0.25, 0.3) is 0 Å². The van der Waals surface area contributed by atoms with Crippen LogP contribution in [0.2, 0.25) is 0 Å². The summed E-state index contributed by atoms with van der Waals surface area (Å²) >= 11 is 3.64. The Balaban J connectivity index is 0.00000147. The largest absolute Gasteiger partial charge is 0.317 e. The smallest absolute Gasteiger partial charge is 0.0234 e. The quantitative estimate of drug-likeness (QED) is 0.865. The monoisotopic (exact) mass is 358 g/mol. The summed E-state index contributed by atoms with van der Waals surface area (Å²) in [6.07, 6.45) is 4.11. The van der Waals surface area contributed by atoms with Crippen LogP contribution in [0.5, 0.6) is 0 Å². The Morgan fingerprint density at radius 2 is 2.00 bits per heavy atom. The molecule has 3 rings (SSSR count). The first kappa shape index (κ1) is 16.3. The summed E-state index contributed by atoms with van der Waals surface area (Å²) in [5.74, 6) is 0. The number of benzene rings is 1. The number of piperidine rings is 1. The minimum absolute atomic E-state index is 0. The van der Waals surface area contributed by atoms with Crippen molar-refractivity contribution in [3.63, 3.8) is 0 Å². The van der Waals surface area contributed by atoms with Crippen molar-refractivity contribution >= 4 is 28.3 Å². The molecule has 2 aliphatic rings. The predicted octanol–water partition coefficient (Wildman–Crippen LogP) is 3.75. The fourth-order valence-electron chi connectivity index (χ4n) is 3.52. The maximum Gasteiger partial charge on any atom is 0.0234 e. The van der Waals surface area contributed by atoms with Crippen LogP contribution in [0.1, 0.15) is 30.4 Å². The lowest BCUT2D eigenvalue weighted by molar-refractivity contribution is 0.194. The maximum absolute atomic E-state index is 3.64. The van der Waals surface area contributed by atoms with Gasteiger partial charge in [0.05, 0.1) is 0 Å². The molecule has 4 heteroatoms. The summed E-state index contributed by atoms with van der Waals surface area (Å²) in [4.78, 5) is 2.64. The van der Waals surface area contributed by atoms with Crippen LogP contribution in [0.3, 0.4) is 0 Å². The first-order chi connectivity index (χ1) is 9.17. The van der Waals surface area contributed by atoms with E-state index in [2.05, 4.69) is 51.3 Å². The van der Waals surface area contributed by atoms with Crippen molar-refractivity contribution < 1.29 is 0 Å². The summed E-state index contributed by atoms with van der Waals surface area (Å²) in [7, 11) is 0. The molecule has 0 atom stereocenters. The summed E-state index contributed by atoms with van der Waals surface area (Å²) in [6.45, 7) is 8.24.